The molecule has 0 aromatic carbocycles. The SMILES string of the molecule is C=C/C=C\N=C(/N)c1nc(C(F)(F)F)c(C(=O)NCC2(c3cnn(C(C)C)c3)CCCCC2)s1. The van der Waals surface area contributed by atoms with Crippen LogP contribution in [0.1, 0.15) is 77.9 Å². The smallest absolute Gasteiger partial charge is 0.381 e. The van der Waals surface area contributed by atoms with Gasteiger partial charge in [-0.25, -0.2) is 9.98 Å². The molecule has 2 aromatic heterocycles. The summed E-state index contributed by atoms with van der Waals surface area (Å²) in [5, 5.41) is 7.01. The molecule has 2 heterocycles. The predicted octanol–water partition coefficient (Wildman–Crippen LogP) is 4.98. The second kappa shape index (κ2) is 10.5. The highest BCUT2D eigenvalue weighted by Crippen LogP contribution is 2.40. The second-order valence-electron chi connectivity index (χ2n) is 8.61. The van der Waals surface area contributed by atoms with Gasteiger partial charge in [-0.2, -0.15) is 18.3 Å². The van der Waals surface area contributed by atoms with Gasteiger partial charge in [-0.3, -0.25) is 9.48 Å². The fraction of sp³-hybridized carbons (Fsp3) is 0.478. The number of thiazole rings is 1. The van der Waals surface area contributed by atoms with Gasteiger partial charge in [-0.1, -0.05) is 31.9 Å². The lowest BCUT2D eigenvalue weighted by Crippen LogP contribution is -2.42. The maximum Gasteiger partial charge on any atom is 0.435 e. The number of rotatable bonds is 8. The van der Waals surface area contributed by atoms with E-state index in [2.05, 4.69) is 27.0 Å². The molecule has 1 saturated carbocycles. The second-order valence-corrected chi connectivity index (χ2v) is 9.61. The molecule has 0 radical (unpaired) electrons. The largest absolute Gasteiger partial charge is 0.435 e. The van der Waals surface area contributed by atoms with Gasteiger partial charge in [-0.15, -0.1) is 11.3 Å². The summed E-state index contributed by atoms with van der Waals surface area (Å²) in [6, 6.07) is 0.183. The lowest BCUT2D eigenvalue weighted by atomic mass is 9.70. The summed E-state index contributed by atoms with van der Waals surface area (Å²) in [4.78, 5) is 19.9. The Balaban J connectivity index is 1.87. The lowest BCUT2D eigenvalue weighted by Gasteiger charge is -2.37. The number of nitrogens with two attached hydrogens (primary N) is 1. The van der Waals surface area contributed by atoms with E-state index in [1.54, 1.807) is 6.20 Å². The Bertz CT molecular complexity index is 1080. The van der Waals surface area contributed by atoms with Crippen molar-refractivity contribution < 1.29 is 18.0 Å². The van der Waals surface area contributed by atoms with Crippen LogP contribution in [0.25, 0.3) is 0 Å². The minimum Gasteiger partial charge on any atom is -0.381 e. The zero-order valence-corrected chi connectivity index (χ0v) is 20.0. The molecular formula is C23H29F3N6OS. The van der Waals surface area contributed by atoms with Crippen molar-refractivity contribution in [3.05, 3.63) is 58.5 Å². The predicted molar refractivity (Wildman–Crippen MR) is 127 cm³/mol. The minimum absolute atomic E-state index is 0.170. The van der Waals surface area contributed by atoms with Crippen molar-refractivity contribution in [1.82, 2.24) is 20.1 Å². The number of hydrogen-bond acceptors (Lipinski definition) is 5. The number of aromatic nitrogens is 3. The zero-order chi connectivity index (χ0) is 24.9. The van der Waals surface area contributed by atoms with Gasteiger partial charge in [-0.05, 0) is 38.3 Å². The van der Waals surface area contributed by atoms with E-state index in [1.165, 1.54) is 18.4 Å². The number of carbonyl (C=O) groups excluding carboxylic acids is 1. The summed E-state index contributed by atoms with van der Waals surface area (Å²) in [6.45, 7) is 7.74. The average molecular weight is 495 g/mol. The normalized spacial score (nSPS) is 16.8. The number of amidine groups is 1. The Labute approximate surface area is 200 Å². The van der Waals surface area contributed by atoms with Crippen molar-refractivity contribution in [3.63, 3.8) is 0 Å². The number of hydrogen-bond donors (Lipinski definition) is 2. The van der Waals surface area contributed by atoms with Crippen molar-refractivity contribution in [1.29, 1.82) is 0 Å². The molecule has 3 rings (SSSR count). The van der Waals surface area contributed by atoms with E-state index in [-0.39, 0.29) is 28.8 Å². The minimum atomic E-state index is -4.81. The van der Waals surface area contributed by atoms with Crippen LogP contribution < -0.4 is 11.1 Å². The van der Waals surface area contributed by atoms with Crippen molar-refractivity contribution in [2.45, 2.75) is 63.6 Å². The fourth-order valence-corrected chi connectivity index (χ4v) is 4.95. The zero-order valence-electron chi connectivity index (χ0n) is 19.2. The first-order valence-electron chi connectivity index (χ1n) is 11.1. The first-order chi connectivity index (χ1) is 16.1. The van der Waals surface area contributed by atoms with Crippen LogP contribution in [0.3, 0.4) is 0 Å². The molecule has 1 aliphatic carbocycles. The highest BCUT2D eigenvalue weighted by Gasteiger charge is 2.41. The van der Waals surface area contributed by atoms with Crippen LogP contribution in [0.5, 0.6) is 0 Å². The number of carbonyl (C=O) groups is 1. The van der Waals surface area contributed by atoms with E-state index in [1.807, 2.05) is 24.7 Å². The summed E-state index contributed by atoms with van der Waals surface area (Å²) in [7, 11) is 0. The molecule has 3 N–H and O–H groups in total. The Kier molecular flexibility index (Phi) is 7.96. The quantitative estimate of drug-likeness (QED) is 0.307. The Hall–Kier alpha value is -2.95. The van der Waals surface area contributed by atoms with E-state index in [0.29, 0.717) is 11.3 Å². The van der Waals surface area contributed by atoms with Crippen LogP contribution in [0.15, 0.2) is 42.3 Å². The summed E-state index contributed by atoms with van der Waals surface area (Å²) in [5.41, 5.74) is 5.14. The maximum atomic E-state index is 13.7. The molecular weight excluding hydrogens is 465 g/mol. The highest BCUT2D eigenvalue weighted by atomic mass is 32.1. The number of allylic oxidation sites excluding steroid dienone is 2. The average Bonchev–Trinajstić information content (AvgIpc) is 3.46. The van der Waals surface area contributed by atoms with Crippen LogP contribution in [-0.2, 0) is 11.6 Å². The summed E-state index contributed by atoms with van der Waals surface area (Å²) >= 11 is 0.575. The van der Waals surface area contributed by atoms with Crippen molar-refractivity contribution in [3.8, 4) is 0 Å². The molecule has 0 aliphatic heterocycles. The van der Waals surface area contributed by atoms with Crippen LogP contribution in [0.4, 0.5) is 13.2 Å². The van der Waals surface area contributed by atoms with Gasteiger partial charge >= 0.3 is 6.18 Å². The van der Waals surface area contributed by atoms with E-state index in [9.17, 15) is 18.0 Å². The van der Waals surface area contributed by atoms with E-state index in [0.717, 1.165) is 37.7 Å². The van der Waals surface area contributed by atoms with E-state index < -0.39 is 22.7 Å². The number of amides is 1. The molecule has 1 fully saturated rings. The number of aliphatic imine (C=N–C) groups is 1. The molecule has 0 bridgehead atoms. The van der Waals surface area contributed by atoms with Crippen LogP contribution in [-0.4, -0.2) is 33.1 Å². The standard InChI is InChI=1S/C23H29F3N6OS/c1-4-5-11-28-19(27)21-31-18(23(24,25)26)17(34-21)20(33)29-14-22(9-7-6-8-10-22)16-12-30-32(13-16)15(2)3/h4-5,11-13,15H,1,6-10,14H2,2-3H3,(H2,27,28)(H,29,33)/b11-5-. The van der Waals surface area contributed by atoms with Gasteiger partial charge in [0.15, 0.2) is 16.5 Å². The fourth-order valence-electron chi connectivity index (χ4n) is 4.04. The van der Waals surface area contributed by atoms with Crippen LogP contribution in [0.2, 0.25) is 0 Å². The van der Waals surface area contributed by atoms with Gasteiger partial charge in [0, 0.05) is 30.4 Å². The molecule has 34 heavy (non-hydrogen) atoms. The number of nitrogens with zero attached hydrogens (tertiary/aromatic N) is 4. The topological polar surface area (TPSA) is 98.2 Å². The molecule has 0 saturated heterocycles. The van der Waals surface area contributed by atoms with E-state index >= 15 is 0 Å². The lowest BCUT2D eigenvalue weighted by molar-refractivity contribution is -0.141. The highest BCUT2D eigenvalue weighted by molar-refractivity contribution is 7.15. The first kappa shape index (κ1) is 25.7. The molecule has 184 valence electrons. The Morgan fingerprint density at radius 2 is 2.09 bits per heavy atom. The molecule has 11 heteroatoms. The summed E-state index contributed by atoms with van der Waals surface area (Å²) < 4.78 is 42.8. The number of alkyl halides is 3. The van der Waals surface area contributed by atoms with Gasteiger partial charge < -0.3 is 11.1 Å². The van der Waals surface area contributed by atoms with Gasteiger partial charge in [0.2, 0.25) is 0 Å². The third kappa shape index (κ3) is 5.75. The molecule has 7 nitrogen and oxygen atoms in total. The Morgan fingerprint density at radius 3 is 2.68 bits per heavy atom. The molecule has 0 spiro atoms. The summed E-state index contributed by atoms with van der Waals surface area (Å²) in [6.07, 6.45) is 7.88. The third-order valence-corrected chi connectivity index (χ3v) is 6.97. The van der Waals surface area contributed by atoms with Crippen molar-refractivity contribution in [2.24, 2.45) is 10.7 Å². The molecule has 0 atom stereocenters. The Morgan fingerprint density at radius 1 is 1.38 bits per heavy atom. The number of halogens is 3. The maximum absolute atomic E-state index is 13.7. The van der Waals surface area contributed by atoms with Crippen molar-refractivity contribution in [2.75, 3.05) is 6.54 Å². The van der Waals surface area contributed by atoms with Gasteiger partial charge in [0.25, 0.3) is 5.91 Å². The molecule has 1 aliphatic rings. The number of nitrogens with one attached hydrogen (secondary N) is 1. The van der Waals surface area contributed by atoms with Gasteiger partial charge in [0.1, 0.15) is 4.88 Å². The van der Waals surface area contributed by atoms with Crippen LogP contribution in [0, 0.1) is 0 Å². The van der Waals surface area contributed by atoms with E-state index in [4.69, 9.17) is 5.73 Å². The van der Waals surface area contributed by atoms with Crippen molar-refractivity contribution >= 4 is 23.1 Å². The monoisotopic (exact) mass is 494 g/mol. The molecule has 1 amide bonds. The first-order valence-corrected chi connectivity index (χ1v) is 11.9. The molecule has 2 aromatic rings. The molecule has 0 unspecified atom stereocenters. The third-order valence-electron chi connectivity index (χ3n) is 5.90. The summed E-state index contributed by atoms with van der Waals surface area (Å²) in [5.74, 6) is -1.04. The van der Waals surface area contributed by atoms with Crippen LogP contribution >= 0.6 is 11.3 Å². The van der Waals surface area contributed by atoms with Gasteiger partial charge in [0.05, 0.1) is 6.20 Å².